The molecule has 0 aromatic carbocycles. The van der Waals surface area contributed by atoms with Crippen molar-refractivity contribution < 1.29 is 33.4 Å². The molecule has 0 spiro atoms. The van der Waals surface area contributed by atoms with E-state index in [9.17, 15) is 19.5 Å². The molecule has 7 atom stereocenters. The van der Waals surface area contributed by atoms with Crippen LogP contribution in [0.15, 0.2) is 23.0 Å². The van der Waals surface area contributed by atoms with Crippen LogP contribution in [0.4, 0.5) is 0 Å². The maximum atomic E-state index is 13.1. The zero-order chi connectivity index (χ0) is 21.5. The Morgan fingerprint density at radius 2 is 2.13 bits per heavy atom. The van der Waals surface area contributed by atoms with Crippen LogP contribution in [0.2, 0.25) is 0 Å². The molecule has 0 bridgehead atoms. The first-order valence-corrected chi connectivity index (χ1v) is 10.9. The summed E-state index contributed by atoms with van der Waals surface area (Å²) in [5, 5.41) is 10.6. The lowest BCUT2D eigenvalue weighted by atomic mass is 9.48. The number of cyclic esters (lactones) is 1. The number of ether oxygens (including phenoxy) is 2. The van der Waals surface area contributed by atoms with E-state index in [1.807, 2.05) is 13.8 Å². The summed E-state index contributed by atoms with van der Waals surface area (Å²) in [6.07, 6.45) is 4.84. The Bertz CT molecular complexity index is 800. The highest BCUT2D eigenvalue weighted by atomic mass is 16.5. The quantitative estimate of drug-likeness (QED) is 0.578. The van der Waals surface area contributed by atoms with Crippen LogP contribution in [0.3, 0.4) is 0 Å². The Morgan fingerprint density at radius 3 is 2.83 bits per heavy atom. The fourth-order valence-corrected chi connectivity index (χ4v) is 5.83. The third-order valence-corrected chi connectivity index (χ3v) is 7.47. The monoisotopic (exact) mass is 418 g/mol. The van der Waals surface area contributed by atoms with E-state index in [0.717, 1.165) is 18.4 Å². The second-order valence-electron chi connectivity index (χ2n) is 9.30. The number of aliphatic hydroxyl groups is 1. The van der Waals surface area contributed by atoms with Crippen LogP contribution >= 0.6 is 0 Å². The smallest absolute Gasteiger partial charge is 0.310 e. The van der Waals surface area contributed by atoms with Gasteiger partial charge in [0.15, 0.2) is 0 Å². The van der Waals surface area contributed by atoms with E-state index < -0.39 is 41.3 Å². The normalized spacial score (nSPS) is 38.4. The number of ketones is 1. The van der Waals surface area contributed by atoms with Crippen LogP contribution in [0.5, 0.6) is 0 Å². The molecule has 1 aliphatic heterocycles. The first kappa shape index (κ1) is 21.1. The van der Waals surface area contributed by atoms with Gasteiger partial charge in [-0.1, -0.05) is 20.3 Å². The molecular formula is C23H30O7. The molecule has 3 fully saturated rings. The molecule has 2 saturated carbocycles. The number of furan rings is 1. The van der Waals surface area contributed by atoms with Gasteiger partial charge in [-0.05, 0) is 43.1 Å². The first-order chi connectivity index (χ1) is 14.3. The highest BCUT2D eigenvalue weighted by Gasteiger charge is 2.62. The Labute approximate surface area is 176 Å². The van der Waals surface area contributed by atoms with Crippen molar-refractivity contribution in [2.75, 3.05) is 6.61 Å². The van der Waals surface area contributed by atoms with E-state index in [-0.39, 0.29) is 30.5 Å². The highest BCUT2D eigenvalue weighted by molar-refractivity contribution is 5.92. The lowest BCUT2D eigenvalue weighted by Gasteiger charge is -2.56. The SMILES string of the molecule is CCCCOC(=O)C1CC(O)CC2C1C(=O)CC1C(=O)OC(c3ccoc3)CC12C. The van der Waals surface area contributed by atoms with Crippen molar-refractivity contribution in [3.63, 3.8) is 0 Å². The fraction of sp³-hybridized carbons (Fsp3) is 0.696. The molecule has 7 heteroatoms. The molecule has 7 nitrogen and oxygen atoms in total. The fourth-order valence-electron chi connectivity index (χ4n) is 5.83. The summed E-state index contributed by atoms with van der Waals surface area (Å²) < 4.78 is 16.2. The number of esters is 2. The summed E-state index contributed by atoms with van der Waals surface area (Å²) in [6.45, 7) is 4.34. The Hall–Kier alpha value is -2.15. The third-order valence-electron chi connectivity index (χ3n) is 7.47. The van der Waals surface area contributed by atoms with Gasteiger partial charge < -0.3 is 19.0 Å². The summed E-state index contributed by atoms with van der Waals surface area (Å²) in [4.78, 5) is 38.8. The minimum absolute atomic E-state index is 0.0729. The van der Waals surface area contributed by atoms with Gasteiger partial charge in [0.25, 0.3) is 0 Å². The van der Waals surface area contributed by atoms with Crippen molar-refractivity contribution in [3.05, 3.63) is 24.2 Å². The Kier molecular flexibility index (Phi) is 5.75. The number of Topliss-reactive ketones (excluding diaryl/α,β-unsaturated/α-hetero) is 1. The Morgan fingerprint density at radius 1 is 1.33 bits per heavy atom. The van der Waals surface area contributed by atoms with E-state index in [0.29, 0.717) is 19.4 Å². The standard InChI is InChI=1S/C23H30O7/c1-3-4-6-29-21(26)15-8-14(24)9-16-20(15)18(25)10-17-22(27)30-19(11-23(16,17)2)13-5-7-28-12-13/h5,7,12,14-17,19-20,24H,3-4,6,8-11H2,1-2H3. The van der Waals surface area contributed by atoms with Gasteiger partial charge in [-0.25, -0.2) is 0 Å². The second kappa shape index (κ2) is 8.17. The van der Waals surface area contributed by atoms with Gasteiger partial charge in [-0.15, -0.1) is 0 Å². The zero-order valence-corrected chi connectivity index (χ0v) is 17.5. The van der Waals surface area contributed by atoms with Crippen LogP contribution in [0, 0.1) is 29.1 Å². The van der Waals surface area contributed by atoms with Gasteiger partial charge in [0.1, 0.15) is 11.9 Å². The van der Waals surface area contributed by atoms with Gasteiger partial charge in [0.2, 0.25) is 0 Å². The van der Waals surface area contributed by atoms with Crippen molar-refractivity contribution in [1.82, 2.24) is 0 Å². The maximum Gasteiger partial charge on any atom is 0.310 e. The molecular weight excluding hydrogens is 388 g/mol. The number of carbonyl (C=O) groups is 3. The van der Waals surface area contributed by atoms with E-state index in [1.54, 1.807) is 12.3 Å². The number of hydrogen-bond acceptors (Lipinski definition) is 7. The number of rotatable bonds is 5. The van der Waals surface area contributed by atoms with Crippen molar-refractivity contribution in [1.29, 1.82) is 0 Å². The van der Waals surface area contributed by atoms with E-state index in [1.165, 1.54) is 6.26 Å². The molecule has 4 rings (SSSR count). The second-order valence-corrected chi connectivity index (χ2v) is 9.30. The predicted molar refractivity (Wildman–Crippen MR) is 105 cm³/mol. The molecule has 1 aromatic rings. The minimum Gasteiger partial charge on any atom is -0.472 e. The molecule has 164 valence electrons. The van der Waals surface area contributed by atoms with Crippen molar-refractivity contribution in [3.8, 4) is 0 Å². The number of fused-ring (bicyclic) bond motifs is 3. The first-order valence-electron chi connectivity index (χ1n) is 10.9. The lowest BCUT2D eigenvalue weighted by Crippen LogP contribution is -2.59. The summed E-state index contributed by atoms with van der Waals surface area (Å²) in [5.74, 6) is -2.91. The maximum absolute atomic E-state index is 13.1. The summed E-state index contributed by atoms with van der Waals surface area (Å²) in [6, 6.07) is 1.77. The Balaban J connectivity index is 1.63. The summed E-state index contributed by atoms with van der Waals surface area (Å²) >= 11 is 0. The van der Waals surface area contributed by atoms with Gasteiger partial charge in [-0.2, -0.15) is 0 Å². The zero-order valence-electron chi connectivity index (χ0n) is 17.5. The molecule has 0 radical (unpaired) electrons. The van der Waals surface area contributed by atoms with E-state index in [2.05, 4.69) is 0 Å². The molecule has 30 heavy (non-hydrogen) atoms. The predicted octanol–water partition coefficient (Wildman–Crippen LogP) is 3.21. The van der Waals surface area contributed by atoms with Gasteiger partial charge in [0.05, 0.1) is 37.1 Å². The van der Waals surface area contributed by atoms with Gasteiger partial charge in [-0.3, -0.25) is 14.4 Å². The van der Waals surface area contributed by atoms with Crippen LogP contribution in [-0.2, 0) is 23.9 Å². The number of hydrogen-bond donors (Lipinski definition) is 1. The van der Waals surface area contributed by atoms with Crippen molar-refractivity contribution in [2.24, 2.45) is 29.1 Å². The largest absolute Gasteiger partial charge is 0.472 e. The molecule has 2 aliphatic carbocycles. The molecule has 0 amide bonds. The molecule has 1 N–H and O–H groups in total. The van der Waals surface area contributed by atoms with Crippen molar-refractivity contribution in [2.45, 2.75) is 64.6 Å². The number of unbranched alkanes of at least 4 members (excludes halogenated alkanes) is 1. The molecule has 1 saturated heterocycles. The summed E-state index contributed by atoms with van der Waals surface area (Å²) in [5.41, 5.74) is 0.225. The molecule has 3 aliphatic rings. The average molecular weight is 418 g/mol. The third kappa shape index (κ3) is 3.57. The topological polar surface area (TPSA) is 103 Å². The lowest BCUT2D eigenvalue weighted by molar-refractivity contribution is -0.197. The van der Waals surface area contributed by atoms with Crippen LogP contribution in [0.25, 0.3) is 0 Å². The van der Waals surface area contributed by atoms with E-state index in [4.69, 9.17) is 13.9 Å². The summed E-state index contributed by atoms with van der Waals surface area (Å²) in [7, 11) is 0. The number of carbonyl (C=O) groups excluding carboxylic acids is 3. The average Bonchev–Trinajstić information content (AvgIpc) is 3.24. The highest BCUT2D eigenvalue weighted by Crippen LogP contribution is 2.60. The molecule has 1 aromatic heterocycles. The van der Waals surface area contributed by atoms with Crippen LogP contribution < -0.4 is 0 Å². The van der Waals surface area contributed by atoms with Crippen LogP contribution in [-0.4, -0.2) is 35.5 Å². The number of aliphatic hydroxyl groups excluding tert-OH is 1. The molecule has 7 unspecified atom stereocenters. The van der Waals surface area contributed by atoms with E-state index >= 15 is 0 Å². The van der Waals surface area contributed by atoms with Gasteiger partial charge in [0, 0.05) is 17.9 Å². The van der Waals surface area contributed by atoms with Crippen molar-refractivity contribution >= 4 is 17.7 Å². The van der Waals surface area contributed by atoms with Crippen LogP contribution in [0.1, 0.15) is 64.0 Å². The minimum atomic E-state index is -0.705. The molecule has 2 heterocycles. The van der Waals surface area contributed by atoms with Gasteiger partial charge >= 0.3 is 11.9 Å².